The van der Waals surface area contributed by atoms with Gasteiger partial charge in [0.25, 0.3) is 11.6 Å². The van der Waals surface area contributed by atoms with E-state index < -0.39 is 10.8 Å². The highest BCUT2D eigenvalue weighted by atomic mass is 35.5. The van der Waals surface area contributed by atoms with E-state index in [1.165, 1.54) is 23.5 Å². The Balaban J connectivity index is 1.93. The van der Waals surface area contributed by atoms with Crippen LogP contribution in [0.3, 0.4) is 0 Å². The van der Waals surface area contributed by atoms with Crippen LogP contribution in [0.5, 0.6) is 0 Å². The molecule has 1 heterocycles. The number of carbonyl (C=O) groups excluding carboxylic acids is 1. The molecule has 1 aromatic heterocycles. The number of anilines is 1. The number of non-ortho nitro benzene ring substituents is 1. The Morgan fingerprint density at radius 3 is 2.96 bits per heavy atom. The number of rotatable bonds is 3. The van der Waals surface area contributed by atoms with Crippen LogP contribution in [-0.4, -0.2) is 10.8 Å². The summed E-state index contributed by atoms with van der Waals surface area (Å²) in [7, 11) is 0. The maximum atomic E-state index is 12.5. The number of benzene rings is 1. The number of nitrogens with one attached hydrogen (secondary N) is 1. The van der Waals surface area contributed by atoms with E-state index in [0.29, 0.717) is 16.5 Å². The van der Waals surface area contributed by atoms with Gasteiger partial charge in [-0.25, -0.2) is 0 Å². The number of fused-ring (bicyclic) bond motifs is 1. The van der Waals surface area contributed by atoms with Crippen molar-refractivity contribution in [1.29, 1.82) is 5.26 Å². The second-order valence-electron chi connectivity index (χ2n) is 6.04. The van der Waals surface area contributed by atoms with Crippen molar-refractivity contribution in [3.05, 3.63) is 54.9 Å². The van der Waals surface area contributed by atoms with E-state index >= 15 is 0 Å². The summed E-state index contributed by atoms with van der Waals surface area (Å²) in [6, 6.07) is 5.87. The van der Waals surface area contributed by atoms with Gasteiger partial charge in [0.2, 0.25) is 0 Å². The molecule has 1 aliphatic carbocycles. The number of hydrogen-bond donors (Lipinski definition) is 1. The molecule has 1 atom stereocenters. The SMILES string of the molecule is CC1CCc2c(sc(NC(=O)c3cc([N+](=O)[O-])ccc3Cl)c2C#N)C1. The van der Waals surface area contributed by atoms with Gasteiger partial charge >= 0.3 is 0 Å². The number of hydrogen-bond acceptors (Lipinski definition) is 5. The average molecular weight is 376 g/mol. The molecule has 2 aromatic rings. The standard InChI is InChI=1S/C17H14ClN3O3S/c1-9-2-4-11-13(8-19)17(25-15(11)6-9)20-16(22)12-7-10(21(23)24)3-5-14(12)18/h3,5,7,9H,2,4,6H2,1H3,(H,20,22). The summed E-state index contributed by atoms with van der Waals surface area (Å²) in [4.78, 5) is 24.0. The van der Waals surface area contributed by atoms with E-state index in [2.05, 4.69) is 18.3 Å². The first-order valence-corrected chi connectivity index (χ1v) is 8.90. The second-order valence-corrected chi connectivity index (χ2v) is 7.56. The average Bonchev–Trinajstić information content (AvgIpc) is 2.90. The molecule has 128 valence electrons. The Morgan fingerprint density at radius 1 is 1.52 bits per heavy atom. The number of thiophene rings is 1. The minimum absolute atomic E-state index is 0.0134. The Kier molecular flexibility index (Phi) is 4.75. The molecule has 0 radical (unpaired) electrons. The van der Waals surface area contributed by atoms with E-state index in [1.807, 2.05) is 0 Å². The summed E-state index contributed by atoms with van der Waals surface area (Å²) in [5.41, 5.74) is 1.29. The Labute approximate surface area is 153 Å². The number of nitro benzene ring substituents is 1. The first kappa shape index (κ1) is 17.4. The van der Waals surface area contributed by atoms with Crippen molar-refractivity contribution in [2.45, 2.75) is 26.2 Å². The molecule has 0 saturated carbocycles. The third-order valence-electron chi connectivity index (χ3n) is 4.26. The van der Waals surface area contributed by atoms with Crippen LogP contribution >= 0.6 is 22.9 Å². The van der Waals surface area contributed by atoms with E-state index in [4.69, 9.17) is 11.6 Å². The van der Waals surface area contributed by atoms with Gasteiger partial charge in [-0.3, -0.25) is 14.9 Å². The third kappa shape index (κ3) is 3.36. The number of carbonyl (C=O) groups is 1. The van der Waals surface area contributed by atoms with Crippen LogP contribution in [0.15, 0.2) is 18.2 Å². The van der Waals surface area contributed by atoms with E-state index in [1.54, 1.807) is 0 Å². The van der Waals surface area contributed by atoms with Gasteiger partial charge in [0, 0.05) is 17.0 Å². The molecule has 0 spiro atoms. The van der Waals surface area contributed by atoms with Gasteiger partial charge in [0.05, 0.1) is 21.1 Å². The second kappa shape index (κ2) is 6.82. The minimum atomic E-state index is -0.584. The zero-order valence-electron chi connectivity index (χ0n) is 13.3. The fourth-order valence-corrected chi connectivity index (χ4v) is 4.49. The number of nitro groups is 1. The summed E-state index contributed by atoms with van der Waals surface area (Å²) < 4.78 is 0. The summed E-state index contributed by atoms with van der Waals surface area (Å²) >= 11 is 7.41. The normalized spacial score (nSPS) is 16.0. The lowest BCUT2D eigenvalue weighted by Gasteiger charge is -2.17. The summed E-state index contributed by atoms with van der Waals surface area (Å²) in [6.07, 6.45) is 2.73. The molecular formula is C17H14ClN3O3S. The quantitative estimate of drug-likeness (QED) is 0.628. The zero-order chi connectivity index (χ0) is 18.1. The van der Waals surface area contributed by atoms with Crippen molar-refractivity contribution in [1.82, 2.24) is 0 Å². The Hall–Kier alpha value is -2.43. The number of nitriles is 1. The highest BCUT2D eigenvalue weighted by molar-refractivity contribution is 7.16. The molecule has 3 rings (SSSR count). The lowest BCUT2D eigenvalue weighted by atomic mass is 9.88. The Bertz CT molecular complexity index is 917. The molecule has 0 saturated heterocycles. The van der Waals surface area contributed by atoms with Gasteiger partial charge in [-0.2, -0.15) is 5.26 Å². The highest BCUT2D eigenvalue weighted by Gasteiger charge is 2.25. The fraction of sp³-hybridized carbons (Fsp3) is 0.294. The zero-order valence-corrected chi connectivity index (χ0v) is 14.9. The molecule has 6 nitrogen and oxygen atoms in total. The van der Waals surface area contributed by atoms with Crippen LogP contribution in [-0.2, 0) is 12.8 Å². The van der Waals surface area contributed by atoms with E-state index in [0.717, 1.165) is 35.8 Å². The molecule has 1 aliphatic rings. The molecule has 25 heavy (non-hydrogen) atoms. The van der Waals surface area contributed by atoms with E-state index in [9.17, 15) is 20.2 Å². The molecule has 0 fully saturated rings. The first-order valence-electron chi connectivity index (χ1n) is 7.70. The topological polar surface area (TPSA) is 96.0 Å². The lowest BCUT2D eigenvalue weighted by Crippen LogP contribution is -2.13. The van der Waals surface area contributed by atoms with Gasteiger partial charge in [0.1, 0.15) is 11.1 Å². The Morgan fingerprint density at radius 2 is 2.28 bits per heavy atom. The van der Waals surface area contributed by atoms with Crippen LogP contribution in [0.25, 0.3) is 0 Å². The molecule has 1 unspecified atom stereocenters. The van der Waals surface area contributed by atoms with Gasteiger partial charge in [-0.1, -0.05) is 18.5 Å². The molecule has 8 heteroatoms. The van der Waals surface area contributed by atoms with Gasteiger partial charge in [-0.15, -0.1) is 11.3 Å². The van der Waals surface area contributed by atoms with Gasteiger partial charge in [0.15, 0.2) is 0 Å². The summed E-state index contributed by atoms with van der Waals surface area (Å²) in [5.74, 6) is -0.00990. The van der Waals surface area contributed by atoms with Gasteiger partial charge < -0.3 is 5.32 Å². The number of amides is 1. The van der Waals surface area contributed by atoms with Crippen molar-refractivity contribution in [2.24, 2.45) is 5.92 Å². The largest absolute Gasteiger partial charge is 0.312 e. The maximum Gasteiger partial charge on any atom is 0.270 e. The predicted molar refractivity (Wildman–Crippen MR) is 96.3 cm³/mol. The van der Waals surface area contributed by atoms with Crippen LogP contribution in [0.1, 0.15) is 39.7 Å². The lowest BCUT2D eigenvalue weighted by molar-refractivity contribution is -0.384. The fourth-order valence-electron chi connectivity index (χ4n) is 2.93. The summed E-state index contributed by atoms with van der Waals surface area (Å²) in [5, 5.41) is 23.7. The van der Waals surface area contributed by atoms with Crippen molar-refractivity contribution in [3.8, 4) is 6.07 Å². The maximum absolute atomic E-state index is 12.5. The smallest absolute Gasteiger partial charge is 0.270 e. The molecule has 1 N–H and O–H groups in total. The van der Waals surface area contributed by atoms with Crippen molar-refractivity contribution < 1.29 is 9.72 Å². The van der Waals surface area contributed by atoms with Crippen molar-refractivity contribution >= 4 is 39.5 Å². The predicted octanol–water partition coefficient (Wildman–Crippen LogP) is 4.56. The van der Waals surface area contributed by atoms with Crippen LogP contribution in [0.2, 0.25) is 5.02 Å². The molecule has 1 aromatic carbocycles. The van der Waals surface area contributed by atoms with Crippen LogP contribution < -0.4 is 5.32 Å². The molecular weight excluding hydrogens is 362 g/mol. The minimum Gasteiger partial charge on any atom is -0.312 e. The third-order valence-corrected chi connectivity index (χ3v) is 5.76. The van der Waals surface area contributed by atoms with E-state index in [-0.39, 0.29) is 16.3 Å². The number of nitrogens with zero attached hydrogens (tertiary/aromatic N) is 2. The summed E-state index contributed by atoms with van der Waals surface area (Å²) in [6.45, 7) is 2.16. The molecule has 1 amide bonds. The first-order chi connectivity index (χ1) is 11.9. The van der Waals surface area contributed by atoms with Crippen molar-refractivity contribution in [2.75, 3.05) is 5.32 Å². The van der Waals surface area contributed by atoms with Crippen LogP contribution in [0, 0.1) is 27.4 Å². The molecule has 0 bridgehead atoms. The van der Waals surface area contributed by atoms with Gasteiger partial charge in [-0.05, 0) is 36.8 Å². The molecule has 0 aliphatic heterocycles. The van der Waals surface area contributed by atoms with Crippen molar-refractivity contribution in [3.63, 3.8) is 0 Å². The highest BCUT2D eigenvalue weighted by Crippen LogP contribution is 2.39. The van der Waals surface area contributed by atoms with Crippen LogP contribution in [0.4, 0.5) is 10.7 Å². The number of halogens is 1. The monoisotopic (exact) mass is 375 g/mol.